The molecule has 0 aromatic rings. The Labute approximate surface area is 482 Å². The van der Waals surface area contributed by atoms with E-state index in [0.29, 0.717) is 5.75 Å². The molecule has 12 amide bonds. The minimum Gasteiger partial charge on any atom is -0.481 e. The van der Waals surface area contributed by atoms with E-state index in [-0.39, 0.29) is 56.9 Å². The van der Waals surface area contributed by atoms with Crippen LogP contribution in [0.25, 0.3) is 0 Å². The van der Waals surface area contributed by atoms with Gasteiger partial charge in [0.25, 0.3) is 0 Å². The minimum atomic E-state index is -1.85. The highest BCUT2D eigenvalue weighted by atomic mass is 32.2. The normalized spacial score (nSPS) is 16.6. The standard InChI is InChI=1S/C49H83N13O20S/c1-23(2)17-29(43(75)57-30(18-24(3)4)44(76)58-31(19-63)46(78)61-34(22-66)49(81)82)56-41(73)27(9-12-37(52)68)55-45(77)32(20-64)59-47(79)35-7-6-15-62(35)48(80)33(21-65)60-42(74)28(10-13-38(69)70)54-40(72)26(8-11-36(51)67)53-39(71)25(50)14-16-83-5/h23-35,63-66H,6-22,50H2,1-5H3,(H2,51,67)(H2,52,68)(H,53,71)(H,54,72)(H,55,77)(H,56,73)(H,57,75)(H,58,76)(H,59,79)(H,60,74)(H,61,78)(H,69,70)(H,81,82)/t25-,26-,27-,28-,29-,30-,31-,32-,33-,34-,35-/m0/s1. The third-order valence-electron chi connectivity index (χ3n) is 12.6. The predicted molar refractivity (Wildman–Crippen MR) is 292 cm³/mol. The van der Waals surface area contributed by atoms with Crippen molar-refractivity contribution in [3.63, 3.8) is 0 Å². The molecule has 1 rings (SSSR count). The Bertz CT molecular complexity index is 2280. The number of aliphatic carboxylic acids is 2. The van der Waals surface area contributed by atoms with Gasteiger partial charge in [-0.3, -0.25) is 62.3 Å². The quantitative estimate of drug-likeness (QED) is 0.0271. The van der Waals surface area contributed by atoms with E-state index in [1.165, 1.54) is 11.8 Å². The molecule has 470 valence electrons. The Balaban J connectivity index is 3.36. The molecule has 1 aliphatic heterocycles. The number of thioether (sulfide) groups is 1. The monoisotopic (exact) mass is 1210 g/mol. The number of nitrogens with zero attached hydrogens (tertiary/aromatic N) is 1. The molecule has 0 saturated carbocycles. The average molecular weight is 1210 g/mol. The number of amides is 12. The van der Waals surface area contributed by atoms with Crippen molar-refractivity contribution in [1.82, 2.24) is 52.8 Å². The van der Waals surface area contributed by atoms with Gasteiger partial charge in [0.1, 0.15) is 60.4 Å². The van der Waals surface area contributed by atoms with Crippen LogP contribution in [0.15, 0.2) is 0 Å². The maximum atomic E-state index is 14.0. The average Bonchev–Trinajstić information content (AvgIpc) is 4.18. The van der Waals surface area contributed by atoms with Gasteiger partial charge in [-0.05, 0) is 75.2 Å². The smallest absolute Gasteiger partial charge is 0.328 e. The van der Waals surface area contributed by atoms with E-state index < -0.39 is 208 Å². The maximum Gasteiger partial charge on any atom is 0.328 e. The number of likely N-dealkylation sites (tertiary alicyclic amines) is 1. The molecule has 0 spiro atoms. The molecule has 21 N–H and O–H groups in total. The van der Waals surface area contributed by atoms with Gasteiger partial charge in [0.15, 0.2) is 0 Å². The van der Waals surface area contributed by atoms with Crippen LogP contribution < -0.4 is 65.1 Å². The number of aliphatic hydroxyl groups is 4. The van der Waals surface area contributed by atoms with Crippen LogP contribution in [0.5, 0.6) is 0 Å². The maximum absolute atomic E-state index is 14.0. The summed E-state index contributed by atoms with van der Waals surface area (Å²) in [7, 11) is 0. The van der Waals surface area contributed by atoms with Crippen LogP contribution >= 0.6 is 11.8 Å². The van der Waals surface area contributed by atoms with Crippen LogP contribution in [0.2, 0.25) is 0 Å². The Morgan fingerprint density at radius 2 is 0.831 bits per heavy atom. The van der Waals surface area contributed by atoms with Gasteiger partial charge in [-0.15, -0.1) is 0 Å². The second-order valence-electron chi connectivity index (χ2n) is 20.4. The van der Waals surface area contributed by atoms with E-state index in [0.717, 1.165) is 4.90 Å². The zero-order chi connectivity index (χ0) is 63.3. The number of carboxylic acid groups (broad SMARTS) is 2. The summed E-state index contributed by atoms with van der Waals surface area (Å²) in [5.41, 5.74) is 16.6. The van der Waals surface area contributed by atoms with Gasteiger partial charge in [0.05, 0.1) is 32.5 Å². The molecule has 1 fully saturated rings. The number of carbonyl (C=O) groups is 14. The van der Waals surface area contributed by atoms with Crippen molar-refractivity contribution in [2.24, 2.45) is 29.0 Å². The van der Waals surface area contributed by atoms with Crippen molar-refractivity contribution in [2.45, 2.75) is 165 Å². The van der Waals surface area contributed by atoms with E-state index in [4.69, 9.17) is 17.2 Å². The van der Waals surface area contributed by atoms with E-state index in [1.54, 1.807) is 34.0 Å². The molecular formula is C49H83N13O20S. The van der Waals surface area contributed by atoms with Crippen LogP contribution in [0.1, 0.15) is 98.3 Å². The lowest BCUT2D eigenvalue weighted by molar-refractivity contribution is -0.144. The molecule has 0 radical (unpaired) electrons. The van der Waals surface area contributed by atoms with Crippen LogP contribution in [-0.2, 0) is 67.1 Å². The zero-order valence-corrected chi connectivity index (χ0v) is 47.8. The number of nitrogens with two attached hydrogens (primary N) is 3. The van der Waals surface area contributed by atoms with Gasteiger partial charge in [0.2, 0.25) is 70.9 Å². The van der Waals surface area contributed by atoms with E-state index in [2.05, 4.69) is 42.5 Å². The molecule has 0 aromatic carbocycles. The van der Waals surface area contributed by atoms with Crippen LogP contribution in [0.4, 0.5) is 0 Å². The van der Waals surface area contributed by atoms with Crippen molar-refractivity contribution in [2.75, 3.05) is 45.0 Å². The lowest BCUT2D eigenvalue weighted by Crippen LogP contribution is -2.61. The number of carboxylic acids is 2. The van der Waals surface area contributed by atoms with Crippen LogP contribution in [-0.4, -0.2) is 230 Å². The molecule has 1 saturated heterocycles. The second kappa shape index (κ2) is 37.8. The summed E-state index contributed by atoms with van der Waals surface area (Å²) in [5.74, 6) is -15.4. The van der Waals surface area contributed by atoms with Crippen molar-refractivity contribution in [3.8, 4) is 0 Å². The van der Waals surface area contributed by atoms with Crippen molar-refractivity contribution < 1.29 is 97.8 Å². The summed E-state index contributed by atoms with van der Waals surface area (Å²) in [6, 6.07) is -17.5. The van der Waals surface area contributed by atoms with E-state index >= 15 is 0 Å². The van der Waals surface area contributed by atoms with Gasteiger partial charge in [-0.25, -0.2) is 4.79 Å². The van der Waals surface area contributed by atoms with Crippen molar-refractivity contribution >= 4 is 94.6 Å². The van der Waals surface area contributed by atoms with E-state index in [9.17, 15) is 97.8 Å². The topological polar surface area (TPSA) is 550 Å². The van der Waals surface area contributed by atoms with E-state index in [1.807, 2.05) is 5.32 Å². The third kappa shape index (κ3) is 26.7. The second-order valence-corrected chi connectivity index (χ2v) is 21.4. The Morgan fingerprint density at radius 1 is 0.482 bits per heavy atom. The minimum absolute atomic E-state index is 0.0576. The number of nitrogens with one attached hydrogen (secondary N) is 9. The third-order valence-corrected chi connectivity index (χ3v) is 13.3. The first kappa shape index (κ1) is 73.7. The molecule has 0 aliphatic carbocycles. The molecule has 34 heteroatoms. The fourth-order valence-electron chi connectivity index (χ4n) is 8.14. The largest absolute Gasteiger partial charge is 0.481 e. The lowest BCUT2D eigenvalue weighted by atomic mass is 9.99. The zero-order valence-electron chi connectivity index (χ0n) is 47.0. The Hall–Kier alpha value is -7.27. The Morgan fingerprint density at radius 3 is 1.22 bits per heavy atom. The highest BCUT2D eigenvalue weighted by Crippen LogP contribution is 2.20. The number of primary amides is 2. The van der Waals surface area contributed by atoms with Crippen LogP contribution in [0.3, 0.4) is 0 Å². The first-order valence-corrected chi connectivity index (χ1v) is 28.1. The number of aliphatic hydroxyl groups excluding tert-OH is 4. The van der Waals surface area contributed by atoms with Gasteiger partial charge in [-0.2, -0.15) is 11.8 Å². The summed E-state index contributed by atoms with van der Waals surface area (Å²) >= 11 is 1.40. The number of carbonyl (C=O) groups excluding carboxylic acids is 12. The first-order valence-electron chi connectivity index (χ1n) is 26.7. The van der Waals surface area contributed by atoms with Gasteiger partial charge >= 0.3 is 11.9 Å². The van der Waals surface area contributed by atoms with Gasteiger partial charge < -0.3 is 101 Å². The lowest BCUT2D eigenvalue weighted by Gasteiger charge is -2.30. The molecule has 1 heterocycles. The molecule has 83 heavy (non-hydrogen) atoms. The highest BCUT2D eigenvalue weighted by Gasteiger charge is 2.41. The first-order chi connectivity index (χ1) is 38.9. The molecular weight excluding hydrogens is 1120 g/mol. The molecule has 33 nitrogen and oxygen atoms in total. The van der Waals surface area contributed by atoms with Gasteiger partial charge in [0, 0.05) is 25.8 Å². The molecule has 0 bridgehead atoms. The summed E-state index contributed by atoms with van der Waals surface area (Å²) in [6.45, 7) is 2.33. The molecule has 0 aromatic heterocycles. The highest BCUT2D eigenvalue weighted by molar-refractivity contribution is 7.98. The summed E-state index contributed by atoms with van der Waals surface area (Å²) < 4.78 is 0. The molecule has 1 aliphatic rings. The number of hydrogen-bond acceptors (Lipinski definition) is 20. The number of rotatable bonds is 40. The fourth-order valence-corrected chi connectivity index (χ4v) is 8.63. The Kier molecular flexibility index (Phi) is 33.5. The predicted octanol–water partition coefficient (Wildman–Crippen LogP) is -8.04. The summed E-state index contributed by atoms with van der Waals surface area (Å²) in [4.78, 5) is 183. The molecule has 0 unspecified atom stereocenters. The molecule has 11 atom stereocenters. The summed E-state index contributed by atoms with van der Waals surface area (Å²) in [6.07, 6.45) is -1.11. The summed E-state index contributed by atoms with van der Waals surface area (Å²) in [5, 5.41) is 79.1. The van der Waals surface area contributed by atoms with Crippen LogP contribution in [0, 0.1) is 11.8 Å². The van der Waals surface area contributed by atoms with Gasteiger partial charge in [-0.1, -0.05) is 27.7 Å². The van der Waals surface area contributed by atoms with Crippen molar-refractivity contribution in [3.05, 3.63) is 0 Å². The SMILES string of the molecule is CSCC[C@H](N)C(=O)N[C@@H](CCC(N)=O)C(=O)N[C@@H](CCC(=O)O)C(=O)N[C@@H](CO)C(=O)N1CCC[C@H]1C(=O)N[C@@H](CO)C(=O)N[C@@H](CCC(N)=O)C(=O)N[C@@H](CC(C)C)C(=O)N[C@@H](CC(C)C)C(=O)N[C@@H](CO)C(=O)N[C@@H](CO)C(=O)O. The number of hydrogen-bond donors (Lipinski definition) is 18. The fraction of sp³-hybridized carbons (Fsp3) is 0.714. The van der Waals surface area contributed by atoms with Crippen molar-refractivity contribution in [1.29, 1.82) is 0 Å².